The summed E-state index contributed by atoms with van der Waals surface area (Å²) in [7, 11) is 3.42. The Morgan fingerprint density at radius 3 is 2.61 bits per heavy atom. The van der Waals surface area contributed by atoms with Crippen LogP contribution in [0.1, 0.15) is 10.4 Å². The highest BCUT2D eigenvalue weighted by Gasteiger charge is 2.16. The number of nitrogens with one attached hydrogen (secondary N) is 1. The number of hydrogen-bond acceptors (Lipinski definition) is 6. The van der Waals surface area contributed by atoms with Crippen LogP contribution in [0.25, 0.3) is 11.4 Å². The van der Waals surface area contributed by atoms with E-state index in [1.165, 1.54) is 11.8 Å². The molecular formula is C19H19N5O3S. The molecule has 3 N–H and O–H groups in total. The Morgan fingerprint density at radius 1 is 1.14 bits per heavy atom. The van der Waals surface area contributed by atoms with Gasteiger partial charge in [-0.25, -0.2) is 0 Å². The number of carbonyl (C=O) groups excluding carboxylic acids is 2. The molecule has 0 aliphatic heterocycles. The van der Waals surface area contributed by atoms with Gasteiger partial charge in [0.15, 0.2) is 11.0 Å². The minimum atomic E-state index is -0.599. The number of anilines is 1. The Morgan fingerprint density at radius 2 is 1.86 bits per heavy atom. The third-order valence-electron chi connectivity index (χ3n) is 3.98. The van der Waals surface area contributed by atoms with Gasteiger partial charge in [0.05, 0.1) is 29.7 Å². The van der Waals surface area contributed by atoms with Crippen molar-refractivity contribution < 1.29 is 14.3 Å². The minimum Gasteiger partial charge on any atom is -0.496 e. The highest BCUT2D eigenvalue weighted by molar-refractivity contribution is 7.99. The van der Waals surface area contributed by atoms with Gasteiger partial charge in [0.1, 0.15) is 5.75 Å². The molecule has 3 aromatic rings. The summed E-state index contributed by atoms with van der Waals surface area (Å²) in [5.74, 6) is 0.555. The molecule has 2 aromatic carbocycles. The van der Waals surface area contributed by atoms with E-state index in [0.717, 1.165) is 5.56 Å². The van der Waals surface area contributed by atoms with Crippen molar-refractivity contribution in [1.82, 2.24) is 14.8 Å². The molecular weight excluding hydrogens is 378 g/mol. The van der Waals surface area contributed by atoms with E-state index >= 15 is 0 Å². The molecule has 2 amide bonds. The molecule has 1 heterocycles. The highest BCUT2D eigenvalue weighted by atomic mass is 32.2. The predicted molar refractivity (Wildman–Crippen MR) is 107 cm³/mol. The van der Waals surface area contributed by atoms with Crippen LogP contribution in [0.4, 0.5) is 5.69 Å². The van der Waals surface area contributed by atoms with Gasteiger partial charge in [0.25, 0.3) is 5.91 Å². The molecule has 8 nitrogen and oxygen atoms in total. The molecule has 0 saturated carbocycles. The van der Waals surface area contributed by atoms with E-state index in [2.05, 4.69) is 15.5 Å². The topological polar surface area (TPSA) is 112 Å². The van der Waals surface area contributed by atoms with Gasteiger partial charge >= 0.3 is 0 Å². The first-order valence-electron chi connectivity index (χ1n) is 8.35. The van der Waals surface area contributed by atoms with Crippen molar-refractivity contribution >= 4 is 29.3 Å². The summed E-state index contributed by atoms with van der Waals surface area (Å²) in [5, 5.41) is 11.7. The van der Waals surface area contributed by atoms with Crippen LogP contribution < -0.4 is 15.8 Å². The van der Waals surface area contributed by atoms with Crippen LogP contribution in [0.5, 0.6) is 5.75 Å². The van der Waals surface area contributed by atoms with Crippen LogP contribution in [0.15, 0.2) is 53.7 Å². The van der Waals surface area contributed by atoms with Gasteiger partial charge in [-0.3, -0.25) is 9.59 Å². The second kappa shape index (κ2) is 8.57. The lowest BCUT2D eigenvalue weighted by Crippen LogP contribution is -2.19. The number of thioether (sulfide) groups is 1. The molecule has 144 valence electrons. The van der Waals surface area contributed by atoms with Gasteiger partial charge in [0.2, 0.25) is 5.91 Å². The molecule has 0 bridgehead atoms. The smallest absolute Gasteiger partial charge is 0.250 e. The van der Waals surface area contributed by atoms with Crippen molar-refractivity contribution in [3.63, 3.8) is 0 Å². The number of para-hydroxylation sites is 2. The van der Waals surface area contributed by atoms with Crippen LogP contribution in [-0.4, -0.2) is 39.4 Å². The van der Waals surface area contributed by atoms with Crippen molar-refractivity contribution in [3.05, 3.63) is 54.1 Å². The van der Waals surface area contributed by atoms with Gasteiger partial charge in [0, 0.05) is 7.05 Å². The number of rotatable bonds is 7. The van der Waals surface area contributed by atoms with Crippen molar-refractivity contribution in [3.8, 4) is 17.1 Å². The molecule has 0 atom stereocenters. The lowest BCUT2D eigenvalue weighted by Gasteiger charge is -2.09. The Hall–Kier alpha value is -3.33. The molecule has 0 aliphatic rings. The van der Waals surface area contributed by atoms with Gasteiger partial charge in [-0.15, -0.1) is 10.2 Å². The molecule has 0 fully saturated rings. The Kier molecular flexibility index (Phi) is 5.95. The first kappa shape index (κ1) is 19.4. The zero-order valence-corrected chi connectivity index (χ0v) is 16.2. The maximum absolute atomic E-state index is 12.3. The Bertz CT molecular complexity index is 1020. The molecule has 0 radical (unpaired) electrons. The first-order valence-corrected chi connectivity index (χ1v) is 9.34. The number of benzene rings is 2. The average Bonchev–Trinajstić information content (AvgIpc) is 3.06. The molecule has 1 aromatic heterocycles. The second-order valence-electron chi connectivity index (χ2n) is 5.81. The summed E-state index contributed by atoms with van der Waals surface area (Å²) in [4.78, 5) is 23.7. The summed E-state index contributed by atoms with van der Waals surface area (Å²) in [6.07, 6.45) is 0. The maximum atomic E-state index is 12.3. The zero-order chi connectivity index (χ0) is 20.1. The predicted octanol–water partition coefficient (Wildman–Crippen LogP) is 2.32. The maximum Gasteiger partial charge on any atom is 0.250 e. The van der Waals surface area contributed by atoms with E-state index in [1.54, 1.807) is 35.9 Å². The fourth-order valence-electron chi connectivity index (χ4n) is 2.63. The molecule has 0 spiro atoms. The second-order valence-corrected chi connectivity index (χ2v) is 6.75. The van der Waals surface area contributed by atoms with Crippen LogP contribution in [0.3, 0.4) is 0 Å². The summed E-state index contributed by atoms with van der Waals surface area (Å²) < 4.78 is 7.17. The van der Waals surface area contributed by atoms with E-state index in [9.17, 15) is 9.59 Å². The molecule has 0 unspecified atom stereocenters. The van der Waals surface area contributed by atoms with Crippen LogP contribution in [-0.2, 0) is 11.8 Å². The van der Waals surface area contributed by atoms with Crippen molar-refractivity contribution in [2.45, 2.75) is 5.16 Å². The summed E-state index contributed by atoms with van der Waals surface area (Å²) in [6.45, 7) is 0. The van der Waals surface area contributed by atoms with Crippen molar-refractivity contribution in [2.24, 2.45) is 12.8 Å². The highest BCUT2D eigenvalue weighted by Crippen LogP contribution is 2.30. The molecule has 28 heavy (non-hydrogen) atoms. The Labute approximate surface area is 166 Å². The van der Waals surface area contributed by atoms with Crippen molar-refractivity contribution in [2.75, 3.05) is 18.2 Å². The third kappa shape index (κ3) is 4.15. The standard InChI is InChI=1S/C19H19N5O3S/c1-24-18(13-8-4-6-10-15(13)27-2)22-23-19(24)28-11-16(25)21-14-9-5-3-7-12(14)17(20)26/h3-10H,11H2,1-2H3,(H2,20,26)(H,21,25). The number of amides is 2. The summed E-state index contributed by atoms with van der Waals surface area (Å²) in [5.41, 5.74) is 6.79. The summed E-state index contributed by atoms with van der Waals surface area (Å²) in [6, 6.07) is 14.1. The Balaban J connectivity index is 1.70. The zero-order valence-electron chi connectivity index (χ0n) is 15.4. The van der Waals surface area contributed by atoms with E-state index in [4.69, 9.17) is 10.5 Å². The number of nitrogens with two attached hydrogens (primary N) is 1. The van der Waals surface area contributed by atoms with Gasteiger partial charge in [-0.1, -0.05) is 36.0 Å². The largest absolute Gasteiger partial charge is 0.496 e. The SMILES string of the molecule is COc1ccccc1-c1nnc(SCC(=O)Nc2ccccc2C(N)=O)n1C. The number of carbonyl (C=O) groups is 2. The van der Waals surface area contributed by atoms with E-state index in [-0.39, 0.29) is 17.2 Å². The number of ether oxygens (including phenoxy) is 1. The van der Waals surface area contributed by atoms with E-state index < -0.39 is 5.91 Å². The normalized spacial score (nSPS) is 10.5. The van der Waals surface area contributed by atoms with Gasteiger partial charge < -0.3 is 20.4 Å². The first-order chi connectivity index (χ1) is 13.5. The van der Waals surface area contributed by atoms with Gasteiger partial charge in [-0.05, 0) is 24.3 Å². The molecule has 9 heteroatoms. The van der Waals surface area contributed by atoms with Crippen LogP contribution in [0.2, 0.25) is 0 Å². The number of aromatic nitrogens is 3. The number of hydrogen-bond donors (Lipinski definition) is 2. The fraction of sp³-hybridized carbons (Fsp3) is 0.158. The van der Waals surface area contributed by atoms with Gasteiger partial charge in [-0.2, -0.15) is 0 Å². The summed E-state index contributed by atoms with van der Waals surface area (Å²) >= 11 is 1.24. The van der Waals surface area contributed by atoms with Crippen LogP contribution >= 0.6 is 11.8 Å². The minimum absolute atomic E-state index is 0.102. The van der Waals surface area contributed by atoms with E-state index in [0.29, 0.717) is 22.4 Å². The quantitative estimate of drug-likeness (QED) is 0.592. The number of primary amides is 1. The van der Waals surface area contributed by atoms with Crippen LogP contribution in [0, 0.1) is 0 Å². The fourth-order valence-corrected chi connectivity index (χ4v) is 3.34. The molecule has 0 saturated heterocycles. The lowest BCUT2D eigenvalue weighted by atomic mass is 10.1. The lowest BCUT2D eigenvalue weighted by molar-refractivity contribution is -0.113. The monoisotopic (exact) mass is 397 g/mol. The molecule has 0 aliphatic carbocycles. The number of methoxy groups -OCH3 is 1. The van der Waals surface area contributed by atoms with Crippen molar-refractivity contribution in [1.29, 1.82) is 0 Å². The number of nitrogens with zero attached hydrogens (tertiary/aromatic N) is 3. The van der Waals surface area contributed by atoms with E-state index in [1.807, 2.05) is 31.3 Å². The molecule has 3 rings (SSSR count). The average molecular weight is 397 g/mol. The third-order valence-corrected chi connectivity index (χ3v) is 5.00.